The van der Waals surface area contributed by atoms with Gasteiger partial charge in [0.15, 0.2) is 0 Å². The number of rotatable bonds is 1. The molecule has 0 rings (SSSR count). The van der Waals surface area contributed by atoms with Gasteiger partial charge in [-0.3, -0.25) is 0 Å². The van der Waals surface area contributed by atoms with Crippen molar-refractivity contribution in [2.45, 2.75) is 6.92 Å². The first-order valence-electron chi connectivity index (χ1n) is 1.98. The highest BCUT2D eigenvalue weighted by molar-refractivity contribution is 5.85. The Morgan fingerprint density at radius 2 is 1.56 bits per heavy atom. The van der Waals surface area contributed by atoms with E-state index in [1.165, 1.54) is 6.92 Å². The standard InChI is InChI=1S/C4H6O2.CH4O.ClH/c1-3(2)4(5)6;1-2;/h1H2,2H3,(H,5,6);2H,1H3;1H. The lowest BCUT2D eigenvalue weighted by atomic mass is 10.4. The maximum atomic E-state index is 9.60. The van der Waals surface area contributed by atoms with E-state index in [1.54, 1.807) is 0 Å². The molecule has 0 unspecified atom stereocenters. The van der Waals surface area contributed by atoms with Crippen molar-refractivity contribution < 1.29 is 15.0 Å². The van der Waals surface area contributed by atoms with Crippen LogP contribution in [-0.2, 0) is 4.79 Å². The molecule has 0 amide bonds. The maximum Gasteiger partial charge on any atom is 0.330 e. The van der Waals surface area contributed by atoms with Crippen LogP contribution in [-0.4, -0.2) is 23.3 Å². The molecule has 3 nitrogen and oxygen atoms in total. The number of carbonyl (C=O) groups is 1. The van der Waals surface area contributed by atoms with Crippen LogP contribution >= 0.6 is 12.4 Å². The second-order valence-corrected chi connectivity index (χ2v) is 1.09. The van der Waals surface area contributed by atoms with Crippen molar-refractivity contribution in [1.82, 2.24) is 0 Å². The van der Waals surface area contributed by atoms with Gasteiger partial charge < -0.3 is 10.2 Å². The van der Waals surface area contributed by atoms with E-state index in [2.05, 4.69) is 6.58 Å². The Labute approximate surface area is 60.4 Å². The molecular formula is C5H11ClO3. The fourth-order valence-electron chi connectivity index (χ4n) is 0. The van der Waals surface area contributed by atoms with Crippen molar-refractivity contribution in [3.8, 4) is 0 Å². The number of halogens is 1. The first-order valence-corrected chi connectivity index (χ1v) is 1.98. The van der Waals surface area contributed by atoms with Crippen molar-refractivity contribution in [3.05, 3.63) is 12.2 Å². The van der Waals surface area contributed by atoms with Crippen LogP contribution in [0.5, 0.6) is 0 Å². The van der Waals surface area contributed by atoms with Gasteiger partial charge >= 0.3 is 5.97 Å². The second-order valence-electron chi connectivity index (χ2n) is 1.09. The molecule has 0 aromatic rings. The summed E-state index contributed by atoms with van der Waals surface area (Å²) in [6.45, 7) is 4.60. The molecule has 0 fully saturated rings. The largest absolute Gasteiger partial charge is 0.478 e. The summed E-state index contributed by atoms with van der Waals surface area (Å²) in [5, 5.41) is 14.9. The van der Waals surface area contributed by atoms with Crippen molar-refractivity contribution in [1.29, 1.82) is 0 Å². The van der Waals surface area contributed by atoms with E-state index in [0.717, 1.165) is 7.11 Å². The zero-order valence-corrected chi connectivity index (χ0v) is 6.23. The number of aliphatic hydroxyl groups excluding tert-OH is 1. The quantitative estimate of drug-likeness (QED) is 0.546. The first kappa shape index (κ1) is 15.8. The van der Waals surface area contributed by atoms with E-state index in [1.807, 2.05) is 0 Å². The average Bonchev–Trinajstić information content (AvgIpc) is 1.72. The minimum absolute atomic E-state index is 0. The van der Waals surface area contributed by atoms with Gasteiger partial charge in [0.2, 0.25) is 0 Å². The molecule has 56 valence electrons. The Kier molecular flexibility index (Phi) is 18.3. The monoisotopic (exact) mass is 154 g/mol. The zero-order chi connectivity index (χ0) is 7.15. The highest BCUT2D eigenvalue weighted by atomic mass is 35.5. The van der Waals surface area contributed by atoms with Crippen LogP contribution in [0.15, 0.2) is 12.2 Å². The molecule has 4 heteroatoms. The number of carboxylic acid groups (broad SMARTS) is 1. The summed E-state index contributed by atoms with van der Waals surface area (Å²) in [6, 6.07) is 0. The molecule has 0 aromatic heterocycles. The number of hydrogen-bond donors (Lipinski definition) is 2. The molecule has 0 aliphatic heterocycles. The van der Waals surface area contributed by atoms with Crippen molar-refractivity contribution >= 4 is 18.4 Å². The number of carboxylic acids is 1. The van der Waals surface area contributed by atoms with Gasteiger partial charge in [-0.1, -0.05) is 6.58 Å². The molecule has 0 aromatic carbocycles. The molecule has 0 atom stereocenters. The molecule has 0 saturated heterocycles. The number of aliphatic hydroxyl groups is 1. The summed E-state index contributed by atoms with van der Waals surface area (Å²) in [5.41, 5.74) is 0.176. The lowest BCUT2D eigenvalue weighted by Gasteiger charge is -1.79. The molecule has 0 aliphatic carbocycles. The van der Waals surface area contributed by atoms with Crippen LogP contribution in [0.3, 0.4) is 0 Å². The van der Waals surface area contributed by atoms with Gasteiger partial charge in [-0.05, 0) is 6.92 Å². The van der Waals surface area contributed by atoms with Gasteiger partial charge in [0.1, 0.15) is 0 Å². The van der Waals surface area contributed by atoms with Gasteiger partial charge in [0.25, 0.3) is 0 Å². The van der Waals surface area contributed by atoms with Gasteiger partial charge in [-0.2, -0.15) is 0 Å². The molecular weight excluding hydrogens is 144 g/mol. The fraction of sp³-hybridized carbons (Fsp3) is 0.400. The van der Waals surface area contributed by atoms with Gasteiger partial charge in [0, 0.05) is 12.7 Å². The Bertz CT molecular complexity index is 78.2. The summed E-state index contributed by atoms with van der Waals surface area (Å²) in [4.78, 5) is 9.60. The maximum absolute atomic E-state index is 9.60. The molecule has 0 spiro atoms. The predicted molar refractivity (Wildman–Crippen MR) is 37.8 cm³/mol. The molecule has 0 radical (unpaired) electrons. The molecule has 0 saturated carbocycles. The third-order valence-corrected chi connectivity index (χ3v) is 0.365. The van der Waals surface area contributed by atoms with E-state index in [-0.39, 0.29) is 18.0 Å². The van der Waals surface area contributed by atoms with Crippen LogP contribution in [0, 0.1) is 0 Å². The topological polar surface area (TPSA) is 57.5 Å². The van der Waals surface area contributed by atoms with Crippen molar-refractivity contribution in [2.24, 2.45) is 0 Å². The number of aliphatic carboxylic acids is 1. The summed E-state index contributed by atoms with van der Waals surface area (Å²) >= 11 is 0. The third-order valence-electron chi connectivity index (χ3n) is 0.365. The van der Waals surface area contributed by atoms with Crippen molar-refractivity contribution in [2.75, 3.05) is 7.11 Å². The third kappa shape index (κ3) is 18.6. The van der Waals surface area contributed by atoms with Gasteiger partial charge in [-0.25, -0.2) is 4.79 Å². The summed E-state index contributed by atoms with van der Waals surface area (Å²) in [6.07, 6.45) is 0. The van der Waals surface area contributed by atoms with E-state index in [9.17, 15) is 4.79 Å². The van der Waals surface area contributed by atoms with Crippen molar-refractivity contribution in [3.63, 3.8) is 0 Å². The molecule has 0 aliphatic rings. The normalized spacial score (nSPS) is 5.67. The Morgan fingerprint density at radius 3 is 1.56 bits per heavy atom. The minimum atomic E-state index is -0.935. The molecule has 2 N–H and O–H groups in total. The van der Waals surface area contributed by atoms with E-state index in [4.69, 9.17) is 10.2 Å². The van der Waals surface area contributed by atoms with Crippen LogP contribution < -0.4 is 0 Å². The van der Waals surface area contributed by atoms with Gasteiger partial charge in [-0.15, -0.1) is 12.4 Å². The van der Waals surface area contributed by atoms with Gasteiger partial charge in [0.05, 0.1) is 0 Å². The fourth-order valence-corrected chi connectivity index (χ4v) is 0. The van der Waals surface area contributed by atoms with E-state index < -0.39 is 5.97 Å². The first-order chi connectivity index (χ1) is 3.64. The highest BCUT2D eigenvalue weighted by Crippen LogP contribution is 1.81. The predicted octanol–water partition coefficient (Wildman–Crippen LogP) is 0.677. The molecule has 9 heavy (non-hydrogen) atoms. The minimum Gasteiger partial charge on any atom is -0.478 e. The summed E-state index contributed by atoms with van der Waals surface area (Å²) in [7, 11) is 1.00. The lowest BCUT2D eigenvalue weighted by molar-refractivity contribution is -0.132. The number of hydrogen-bond acceptors (Lipinski definition) is 2. The average molecular weight is 155 g/mol. The Balaban J connectivity index is -0.000000109. The highest BCUT2D eigenvalue weighted by Gasteiger charge is 1.90. The Morgan fingerprint density at radius 1 is 1.44 bits per heavy atom. The molecule has 0 bridgehead atoms. The SMILES string of the molecule is C=C(C)C(=O)O.CO.Cl. The molecule has 0 heterocycles. The smallest absolute Gasteiger partial charge is 0.330 e. The van der Waals surface area contributed by atoms with E-state index >= 15 is 0 Å². The van der Waals surface area contributed by atoms with Crippen LogP contribution in [0.2, 0.25) is 0 Å². The summed E-state index contributed by atoms with van der Waals surface area (Å²) < 4.78 is 0. The second kappa shape index (κ2) is 10.4. The lowest BCUT2D eigenvalue weighted by Crippen LogP contribution is -1.92. The Hall–Kier alpha value is -0.540. The van der Waals surface area contributed by atoms with E-state index in [0.29, 0.717) is 0 Å². The zero-order valence-electron chi connectivity index (χ0n) is 5.42. The van der Waals surface area contributed by atoms with Crippen LogP contribution in [0.1, 0.15) is 6.92 Å². The summed E-state index contributed by atoms with van der Waals surface area (Å²) in [5.74, 6) is -0.935. The van der Waals surface area contributed by atoms with Crippen LogP contribution in [0.25, 0.3) is 0 Å². The van der Waals surface area contributed by atoms with Crippen LogP contribution in [0.4, 0.5) is 0 Å².